The number of nitrogens with one attached hydrogen (secondary N) is 1. The summed E-state index contributed by atoms with van der Waals surface area (Å²) < 4.78 is 6.09. The Hall–Kier alpha value is -0.120. The van der Waals surface area contributed by atoms with Crippen molar-refractivity contribution in [2.24, 2.45) is 23.2 Å². The molecule has 2 unspecified atom stereocenters. The van der Waals surface area contributed by atoms with Gasteiger partial charge in [0.2, 0.25) is 0 Å². The maximum atomic E-state index is 9.77. The molecule has 18 heavy (non-hydrogen) atoms. The summed E-state index contributed by atoms with van der Waals surface area (Å²) in [5.74, 6) is 2.98. The molecule has 3 heteroatoms. The lowest BCUT2D eigenvalue weighted by Crippen LogP contribution is -2.49. The maximum Gasteiger partial charge on any atom is 0.131 e. The topological polar surface area (TPSA) is 41.5 Å². The van der Waals surface area contributed by atoms with E-state index in [-0.39, 0.29) is 6.10 Å². The summed E-state index contributed by atoms with van der Waals surface area (Å²) in [6, 6.07) is 0. The highest BCUT2D eigenvalue weighted by Gasteiger charge is 2.51. The van der Waals surface area contributed by atoms with E-state index in [4.69, 9.17) is 4.74 Å². The fraction of sp³-hybridized carbons (Fsp3) is 1.00. The maximum absolute atomic E-state index is 9.77. The van der Waals surface area contributed by atoms with Crippen molar-refractivity contribution in [3.05, 3.63) is 0 Å². The average Bonchev–Trinajstić information content (AvgIpc) is 2.70. The van der Waals surface area contributed by atoms with Crippen LogP contribution in [0.3, 0.4) is 0 Å². The minimum atomic E-state index is -0.432. The zero-order valence-electron chi connectivity index (χ0n) is 11.1. The molecule has 5 aliphatic rings. The molecule has 5 rings (SSSR count). The van der Waals surface area contributed by atoms with Crippen molar-refractivity contribution >= 4 is 0 Å². The first-order valence-corrected chi connectivity index (χ1v) is 7.75. The zero-order valence-corrected chi connectivity index (χ0v) is 11.1. The van der Waals surface area contributed by atoms with Crippen LogP contribution in [0, 0.1) is 23.2 Å². The molecule has 4 bridgehead atoms. The summed E-state index contributed by atoms with van der Waals surface area (Å²) in [7, 11) is 0. The summed E-state index contributed by atoms with van der Waals surface area (Å²) in [5, 5.41) is 12.8. The highest BCUT2D eigenvalue weighted by Crippen LogP contribution is 2.60. The number of hydrogen-bond acceptors (Lipinski definition) is 3. The van der Waals surface area contributed by atoms with E-state index in [1.54, 1.807) is 0 Å². The van der Waals surface area contributed by atoms with Crippen molar-refractivity contribution in [1.82, 2.24) is 5.32 Å². The minimum Gasteiger partial charge on any atom is -0.376 e. The van der Waals surface area contributed by atoms with E-state index in [1.165, 1.54) is 38.5 Å². The Labute approximate surface area is 109 Å². The predicted molar refractivity (Wildman–Crippen MR) is 69.0 cm³/mol. The van der Waals surface area contributed by atoms with Crippen molar-refractivity contribution in [2.45, 2.75) is 57.3 Å². The molecular weight excluding hydrogens is 226 g/mol. The second-order valence-electron chi connectivity index (χ2n) is 7.45. The number of ether oxygens (including phenoxy) is 1. The van der Waals surface area contributed by atoms with Crippen LogP contribution in [0.1, 0.15) is 44.9 Å². The quantitative estimate of drug-likeness (QED) is 0.805. The Morgan fingerprint density at radius 3 is 2.17 bits per heavy atom. The Morgan fingerprint density at radius 1 is 1.06 bits per heavy atom. The summed E-state index contributed by atoms with van der Waals surface area (Å²) in [6.07, 6.45) is 9.25. The van der Waals surface area contributed by atoms with E-state index in [9.17, 15) is 5.11 Å². The summed E-state index contributed by atoms with van der Waals surface area (Å²) >= 11 is 0. The molecule has 1 aliphatic heterocycles. The van der Waals surface area contributed by atoms with E-state index in [1.807, 2.05) is 0 Å². The van der Waals surface area contributed by atoms with Crippen molar-refractivity contribution in [1.29, 1.82) is 0 Å². The first-order valence-electron chi connectivity index (χ1n) is 7.75. The van der Waals surface area contributed by atoms with Crippen LogP contribution in [0.25, 0.3) is 0 Å². The molecule has 1 heterocycles. The van der Waals surface area contributed by atoms with Gasteiger partial charge in [0.25, 0.3) is 0 Å². The molecular formula is C15H25NO2. The van der Waals surface area contributed by atoms with E-state index in [0.717, 1.165) is 37.3 Å². The van der Waals surface area contributed by atoms with Gasteiger partial charge in [0.05, 0.1) is 12.7 Å². The lowest BCUT2D eigenvalue weighted by molar-refractivity contribution is -0.125. The number of aliphatic hydroxyl groups is 1. The SMILES string of the molecule is OC1NCCC1OCC12CC3CC(CC(C3)C1)C2. The van der Waals surface area contributed by atoms with Gasteiger partial charge in [-0.3, -0.25) is 5.32 Å². The van der Waals surface area contributed by atoms with Gasteiger partial charge in [-0.2, -0.15) is 0 Å². The molecule has 0 spiro atoms. The van der Waals surface area contributed by atoms with Crippen LogP contribution in [0.2, 0.25) is 0 Å². The first kappa shape index (κ1) is 11.7. The van der Waals surface area contributed by atoms with Crippen LogP contribution in [-0.4, -0.2) is 30.6 Å². The van der Waals surface area contributed by atoms with E-state index < -0.39 is 6.23 Å². The molecule has 1 saturated heterocycles. The fourth-order valence-corrected chi connectivity index (χ4v) is 5.59. The zero-order chi connectivity index (χ0) is 12.2. The predicted octanol–water partition coefficient (Wildman–Crippen LogP) is 1.90. The van der Waals surface area contributed by atoms with Crippen molar-refractivity contribution in [3.63, 3.8) is 0 Å². The third-order valence-electron chi connectivity index (χ3n) is 5.90. The van der Waals surface area contributed by atoms with Gasteiger partial charge < -0.3 is 9.84 Å². The summed E-state index contributed by atoms with van der Waals surface area (Å²) in [6.45, 7) is 1.80. The molecule has 2 N–H and O–H groups in total. The molecule has 102 valence electrons. The van der Waals surface area contributed by atoms with Gasteiger partial charge in [-0.05, 0) is 68.1 Å². The fourth-order valence-electron chi connectivity index (χ4n) is 5.59. The van der Waals surface area contributed by atoms with E-state index in [2.05, 4.69) is 5.32 Å². The van der Waals surface area contributed by atoms with Gasteiger partial charge in [0, 0.05) is 6.54 Å². The number of aliphatic hydroxyl groups excluding tert-OH is 1. The second-order valence-corrected chi connectivity index (χ2v) is 7.45. The van der Waals surface area contributed by atoms with Crippen molar-refractivity contribution < 1.29 is 9.84 Å². The molecule has 0 amide bonds. The smallest absolute Gasteiger partial charge is 0.131 e. The van der Waals surface area contributed by atoms with Gasteiger partial charge in [-0.1, -0.05) is 0 Å². The van der Waals surface area contributed by atoms with Crippen molar-refractivity contribution in [3.8, 4) is 0 Å². The molecule has 0 radical (unpaired) electrons. The van der Waals surface area contributed by atoms with Gasteiger partial charge in [-0.15, -0.1) is 0 Å². The first-order chi connectivity index (χ1) is 8.72. The highest BCUT2D eigenvalue weighted by atomic mass is 16.5. The average molecular weight is 251 g/mol. The second kappa shape index (κ2) is 4.19. The normalized spacial score (nSPS) is 54.2. The number of hydrogen-bond donors (Lipinski definition) is 2. The molecule has 0 aromatic heterocycles. The van der Waals surface area contributed by atoms with Gasteiger partial charge in [0.15, 0.2) is 0 Å². The van der Waals surface area contributed by atoms with E-state index in [0.29, 0.717) is 5.41 Å². The summed E-state index contributed by atoms with van der Waals surface area (Å²) in [4.78, 5) is 0. The molecule has 3 nitrogen and oxygen atoms in total. The monoisotopic (exact) mass is 251 g/mol. The van der Waals surface area contributed by atoms with Crippen LogP contribution in [0.5, 0.6) is 0 Å². The molecule has 4 saturated carbocycles. The Balaban J connectivity index is 1.41. The molecule has 5 fully saturated rings. The largest absolute Gasteiger partial charge is 0.376 e. The van der Waals surface area contributed by atoms with Gasteiger partial charge >= 0.3 is 0 Å². The molecule has 2 atom stereocenters. The van der Waals surface area contributed by atoms with Crippen LogP contribution < -0.4 is 5.32 Å². The third kappa shape index (κ3) is 1.91. The van der Waals surface area contributed by atoms with E-state index >= 15 is 0 Å². The standard InChI is InChI=1S/C15H25NO2/c17-14-13(1-2-16-14)18-9-15-6-10-3-11(7-15)5-12(4-10)8-15/h10-14,16-17H,1-9H2. The van der Waals surface area contributed by atoms with Crippen LogP contribution >= 0.6 is 0 Å². The molecule has 0 aromatic carbocycles. The van der Waals surface area contributed by atoms with Crippen LogP contribution in [0.15, 0.2) is 0 Å². The van der Waals surface area contributed by atoms with Gasteiger partial charge in [-0.25, -0.2) is 0 Å². The Kier molecular flexibility index (Phi) is 2.72. The van der Waals surface area contributed by atoms with Crippen molar-refractivity contribution in [2.75, 3.05) is 13.2 Å². The lowest BCUT2D eigenvalue weighted by atomic mass is 9.50. The van der Waals surface area contributed by atoms with Gasteiger partial charge in [0.1, 0.15) is 6.23 Å². The number of rotatable bonds is 3. The lowest BCUT2D eigenvalue weighted by Gasteiger charge is -2.56. The highest BCUT2D eigenvalue weighted by molar-refractivity contribution is 5.01. The third-order valence-corrected chi connectivity index (χ3v) is 5.90. The Bertz CT molecular complexity index is 295. The Morgan fingerprint density at radius 2 is 1.67 bits per heavy atom. The van der Waals surface area contributed by atoms with Crippen LogP contribution in [0.4, 0.5) is 0 Å². The minimum absolute atomic E-state index is 0.0398. The molecule has 0 aromatic rings. The molecule has 4 aliphatic carbocycles. The summed E-state index contributed by atoms with van der Waals surface area (Å²) in [5.41, 5.74) is 0.483. The van der Waals surface area contributed by atoms with Crippen LogP contribution in [-0.2, 0) is 4.74 Å².